The maximum Gasteiger partial charge on any atom is 0.0377 e. The smallest absolute Gasteiger partial charge is 0.0377 e. The van der Waals surface area contributed by atoms with Crippen LogP contribution in [0.2, 0.25) is 0 Å². The lowest BCUT2D eigenvalue weighted by Gasteiger charge is -2.14. The summed E-state index contributed by atoms with van der Waals surface area (Å²) in [7, 11) is 0. The third-order valence-electron chi connectivity index (χ3n) is 5.01. The van der Waals surface area contributed by atoms with E-state index in [9.17, 15) is 0 Å². The second-order valence-electron chi connectivity index (χ2n) is 6.53. The minimum absolute atomic E-state index is 1.15. The number of benzene rings is 1. The largest absolute Gasteiger partial charge is 0.303 e. The summed E-state index contributed by atoms with van der Waals surface area (Å²) < 4.78 is 1.18. The fraction of sp³-hybridized carbons (Fsp3) is 0.400. The Morgan fingerprint density at radius 3 is 2.78 bits per heavy atom. The minimum atomic E-state index is 1.15. The molecule has 23 heavy (non-hydrogen) atoms. The first kappa shape index (κ1) is 15.6. The zero-order valence-corrected chi connectivity index (χ0v) is 15.8. The molecule has 3 heteroatoms. The van der Waals surface area contributed by atoms with Gasteiger partial charge < -0.3 is 4.90 Å². The molecule has 0 saturated carbocycles. The summed E-state index contributed by atoms with van der Waals surface area (Å²) in [6, 6.07) is 9.10. The van der Waals surface area contributed by atoms with Crippen molar-refractivity contribution < 1.29 is 0 Å². The fourth-order valence-corrected chi connectivity index (χ4v) is 5.15. The highest BCUT2D eigenvalue weighted by Crippen LogP contribution is 2.38. The van der Waals surface area contributed by atoms with E-state index in [0.29, 0.717) is 0 Å². The van der Waals surface area contributed by atoms with E-state index < -0.39 is 0 Å². The molecule has 0 bridgehead atoms. The summed E-state index contributed by atoms with van der Waals surface area (Å²) in [6.45, 7) is 3.78. The van der Waals surface area contributed by atoms with Crippen LogP contribution in [0.3, 0.4) is 0 Å². The lowest BCUT2D eigenvalue weighted by Crippen LogP contribution is -2.19. The van der Waals surface area contributed by atoms with E-state index in [1.54, 1.807) is 0 Å². The standard InChI is InChI=1S/C20H22BrNS/c21-17-8-7-15-5-6-16-9-13-23-20(16)18(19(15)14-17)4-3-12-22-10-1-2-11-22/h4,7-9,13-14H,1-3,5-6,10-12H2/b18-4+. The van der Waals surface area contributed by atoms with Crippen LogP contribution in [0, 0.1) is 0 Å². The normalized spacial score (nSPS) is 19.6. The average Bonchev–Trinajstić information content (AvgIpc) is 3.20. The van der Waals surface area contributed by atoms with E-state index >= 15 is 0 Å². The van der Waals surface area contributed by atoms with Crippen molar-refractivity contribution in [1.29, 1.82) is 0 Å². The van der Waals surface area contributed by atoms with Gasteiger partial charge in [-0.3, -0.25) is 0 Å². The van der Waals surface area contributed by atoms with E-state index in [1.807, 2.05) is 11.3 Å². The van der Waals surface area contributed by atoms with Crippen molar-refractivity contribution in [2.75, 3.05) is 19.6 Å². The molecule has 0 unspecified atom stereocenters. The number of halogens is 1. The number of hydrogen-bond donors (Lipinski definition) is 0. The number of aryl methyl sites for hydroxylation is 2. The van der Waals surface area contributed by atoms with E-state index in [2.05, 4.69) is 56.6 Å². The van der Waals surface area contributed by atoms with Crippen molar-refractivity contribution in [3.8, 4) is 0 Å². The summed E-state index contributed by atoms with van der Waals surface area (Å²) >= 11 is 5.57. The summed E-state index contributed by atoms with van der Waals surface area (Å²) in [5.74, 6) is 0. The maximum atomic E-state index is 3.66. The Labute approximate surface area is 151 Å². The van der Waals surface area contributed by atoms with Crippen LogP contribution >= 0.6 is 27.3 Å². The van der Waals surface area contributed by atoms with Gasteiger partial charge in [-0.05, 0) is 91.0 Å². The summed E-state index contributed by atoms with van der Waals surface area (Å²) in [4.78, 5) is 4.09. The molecule has 1 aromatic carbocycles. The van der Waals surface area contributed by atoms with Crippen LogP contribution in [-0.4, -0.2) is 24.5 Å². The fourth-order valence-electron chi connectivity index (χ4n) is 3.78. The summed E-state index contributed by atoms with van der Waals surface area (Å²) in [6.07, 6.45) is 8.71. The molecule has 120 valence electrons. The molecule has 1 aliphatic heterocycles. The van der Waals surface area contributed by atoms with Crippen LogP contribution in [0.4, 0.5) is 0 Å². The Balaban J connectivity index is 1.67. The lowest BCUT2D eigenvalue weighted by molar-refractivity contribution is 0.346. The molecule has 0 N–H and O–H groups in total. The van der Waals surface area contributed by atoms with Crippen LogP contribution in [0.15, 0.2) is 40.2 Å². The molecule has 1 fully saturated rings. The maximum absolute atomic E-state index is 3.66. The third-order valence-corrected chi connectivity index (χ3v) is 6.49. The van der Waals surface area contributed by atoms with E-state index in [-0.39, 0.29) is 0 Å². The molecule has 1 aliphatic carbocycles. The van der Waals surface area contributed by atoms with Gasteiger partial charge >= 0.3 is 0 Å². The number of thiophene rings is 1. The van der Waals surface area contributed by atoms with Gasteiger partial charge in [-0.15, -0.1) is 11.3 Å². The Hall–Kier alpha value is -0.900. The molecular weight excluding hydrogens is 366 g/mol. The Morgan fingerprint density at radius 2 is 1.91 bits per heavy atom. The van der Waals surface area contributed by atoms with Crippen LogP contribution in [0.25, 0.3) is 5.57 Å². The Kier molecular flexibility index (Phi) is 4.70. The van der Waals surface area contributed by atoms with Crippen LogP contribution in [-0.2, 0) is 12.8 Å². The number of nitrogens with zero attached hydrogens (tertiary/aromatic N) is 1. The van der Waals surface area contributed by atoms with Gasteiger partial charge in [-0.1, -0.05) is 28.1 Å². The zero-order valence-electron chi connectivity index (χ0n) is 13.4. The van der Waals surface area contributed by atoms with Crippen LogP contribution < -0.4 is 0 Å². The molecule has 0 spiro atoms. The predicted octanol–water partition coefficient (Wildman–Crippen LogP) is 5.53. The molecule has 4 rings (SSSR count). The first-order valence-corrected chi connectivity index (χ1v) is 10.3. The Morgan fingerprint density at radius 1 is 1.09 bits per heavy atom. The molecule has 1 saturated heterocycles. The second-order valence-corrected chi connectivity index (χ2v) is 8.36. The third kappa shape index (κ3) is 3.33. The van der Waals surface area contributed by atoms with Crippen molar-refractivity contribution in [2.45, 2.75) is 32.1 Å². The van der Waals surface area contributed by atoms with Gasteiger partial charge in [0.2, 0.25) is 0 Å². The zero-order chi connectivity index (χ0) is 15.6. The van der Waals surface area contributed by atoms with Crippen molar-refractivity contribution in [1.82, 2.24) is 4.90 Å². The van der Waals surface area contributed by atoms with Gasteiger partial charge in [0.1, 0.15) is 0 Å². The molecule has 0 atom stereocenters. The van der Waals surface area contributed by atoms with Gasteiger partial charge in [0.05, 0.1) is 0 Å². The second kappa shape index (κ2) is 6.92. The molecule has 1 aromatic heterocycles. The average molecular weight is 388 g/mol. The van der Waals surface area contributed by atoms with Gasteiger partial charge in [-0.2, -0.15) is 0 Å². The quantitative estimate of drug-likeness (QED) is 0.669. The molecule has 1 nitrogen and oxygen atoms in total. The summed E-state index contributed by atoms with van der Waals surface area (Å²) in [5.41, 5.74) is 5.91. The number of fused-ring (bicyclic) bond motifs is 2. The molecule has 2 aromatic rings. The molecular formula is C20H22BrNS. The van der Waals surface area contributed by atoms with Gasteiger partial charge in [0.15, 0.2) is 0 Å². The topological polar surface area (TPSA) is 3.24 Å². The highest BCUT2D eigenvalue weighted by Gasteiger charge is 2.19. The van der Waals surface area contributed by atoms with Crippen molar-refractivity contribution in [2.24, 2.45) is 0 Å². The number of hydrogen-bond acceptors (Lipinski definition) is 2. The summed E-state index contributed by atoms with van der Waals surface area (Å²) in [5, 5.41) is 2.25. The Bertz CT molecular complexity index is 725. The van der Waals surface area contributed by atoms with Crippen molar-refractivity contribution in [3.05, 3.63) is 61.8 Å². The van der Waals surface area contributed by atoms with Gasteiger partial charge in [0, 0.05) is 15.9 Å². The van der Waals surface area contributed by atoms with Gasteiger partial charge in [0.25, 0.3) is 0 Å². The molecule has 2 aliphatic rings. The first-order valence-electron chi connectivity index (χ1n) is 8.59. The monoisotopic (exact) mass is 387 g/mol. The number of likely N-dealkylation sites (tertiary alicyclic amines) is 1. The van der Waals surface area contributed by atoms with Gasteiger partial charge in [-0.25, -0.2) is 0 Å². The highest BCUT2D eigenvalue weighted by molar-refractivity contribution is 9.10. The molecule has 2 heterocycles. The SMILES string of the molecule is Brc1ccc2c(c1)/C(=C\CCN1CCCC1)c1sccc1CC2. The number of rotatable bonds is 3. The van der Waals surface area contributed by atoms with Crippen LogP contribution in [0.5, 0.6) is 0 Å². The van der Waals surface area contributed by atoms with E-state index in [1.165, 1.54) is 64.1 Å². The molecule has 0 radical (unpaired) electrons. The minimum Gasteiger partial charge on any atom is -0.303 e. The van der Waals surface area contributed by atoms with E-state index in [4.69, 9.17) is 0 Å². The highest BCUT2D eigenvalue weighted by atomic mass is 79.9. The predicted molar refractivity (Wildman–Crippen MR) is 103 cm³/mol. The first-order chi connectivity index (χ1) is 11.3. The van der Waals surface area contributed by atoms with E-state index in [0.717, 1.165) is 19.3 Å². The van der Waals surface area contributed by atoms with Crippen molar-refractivity contribution >= 4 is 32.8 Å². The van der Waals surface area contributed by atoms with Crippen molar-refractivity contribution in [3.63, 3.8) is 0 Å². The lowest BCUT2D eigenvalue weighted by atomic mass is 9.98. The van der Waals surface area contributed by atoms with Crippen LogP contribution in [0.1, 0.15) is 40.8 Å². The molecule has 0 amide bonds.